The van der Waals surface area contributed by atoms with E-state index in [4.69, 9.17) is 0 Å². The fourth-order valence-electron chi connectivity index (χ4n) is 5.46. The van der Waals surface area contributed by atoms with Gasteiger partial charge in [-0.25, -0.2) is 0 Å². The van der Waals surface area contributed by atoms with E-state index in [-0.39, 0.29) is 5.41 Å². The van der Waals surface area contributed by atoms with Gasteiger partial charge in [0, 0.05) is 12.6 Å². The van der Waals surface area contributed by atoms with Crippen LogP contribution in [0.25, 0.3) is 0 Å². The Hall–Kier alpha value is -0.550. The maximum Gasteiger partial charge on any atom is 0.0697 e. The molecule has 0 atom stereocenters. The van der Waals surface area contributed by atoms with Gasteiger partial charge in [-0.15, -0.1) is 0 Å². The van der Waals surface area contributed by atoms with Gasteiger partial charge in [-0.05, 0) is 76.2 Å². The lowest BCUT2D eigenvalue weighted by Gasteiger charge is -2.57. The molecule has 0 N–H and O–H groups in total. The first-order valence-electron chi connectivity index (χ1n) is 8.17. The van der Waals surface area contributed by atoms with Crippen molar-refractivity contribution in [1.82, 2.24) is 4.90 Å². The standard InChI is InChI=1S/C17H28N2/c1-4-19(11-17(2,3)10-18)16-14-6-12-5-13(8-14)9-15(16)7-12/h12-16H,4-9,11H2,1-3H3. The van der Waals surface area contributed by atoms with Crippen molar-refractivity contribution in [2.45, 2.75) is 58.9 Å². The fraction of sp³-hybridized carbons (Fsp3) is 0.941. The molecule has 4 fully saturated rings. The van der Waals surface area contributed by atoms with E-state index in [1.54, 1.807) is 0 Å². The monoisotopic (exact) mass is 260 g/mol. The molecule has 0 aliphatic heterocycles. The van der Waals surface area contributed by atoms with E-state index in [1.165, 1.54) is 32.1 Å². The lowest BCUT2D eigenvalue weighted by Crippen LogP contribution is -2.57. The van der Waals surface area contributed by atoms with Gasteiger partial charge in [-0.2, -0.15) is 5.26 Å². The van der Waals surface area contributed by atoms with E-state index in [0.717, 1.165) is 42.8 Å². The molecule has 0 aromatic rings. The van der Waals surface area contributed by atoms with Crippen LogP contribution in [0, 0.1) is 40.4 Å². The molecule has 0 heterocycles. The second-order valence-electron chi connectivity index (χ2n) is 7.98. The van der Waals surface area contributed by atoms with Gasteiger partial charge in [0.05, 0.1) is 11.5 Å². The first kappa shape index (κ1) is 13.4. The van der Waals surface area contributed by atoms with Gasteiger partial charge < -0.3 is 0 Å². The summed E-state index contributed by atoms with van der Waals surface area (Å²) in [5.74, 6) is 3.96. The third kappa shape index (κ3) is 2.42. The van der Waals surface area contributed by atoms with Crippen LogP contribution in [0.3, 0.4) is 0 Å². The summed E-state index contributed by atoms with van der Waals surface area (Å²) in [6.07, 6.45) is 7.42. The normalized spacial score (nSPS) is 40.7. The molecule has 0 aromatic heterocycles. The first-order valence-corrected chi connectivity index (χ1v) is 8.17. The van der Waals surface area contributed by atoms with Crippen LogP contribution >= 0.6 is 0 Å². The Kier molecular flexibility index (Phi) is 3.38. The smallest absolute Gasteiger partial charge is 0.0697 e. The molecule has 4 aliphatic rings. The van der Waals surface area contributed by atoms with Crippen molar-refractivity contribution >= 4 is 0 Å². The predicted octanol–water partition coefficient (Wildman–Crippen LogP) is 3.68. The van der Waals surface area contributed by atoms with Crippen LogP contribution in [0.4, 0.5) is 0 Å². The van der Waals surface area contributed by atoms with E-state index >= 15 is 0 Å². The Morgan fingerprint density at radius 3 is 2.00 bits per heavy atom. The molecule has 19 heavy (non-hydrogen) atoms. The molecule has 0 aromatic carbocycles. The zero-order valence-corrected chi connectivity index (χ0v) is 12.7. The summed E-state index contributed by atoms with van der Waals surface area (Å²) < 4.78 is 0. The van der Waals surface area contributed by atoms with Gasteiger partial charge >= 0.3 is 0 Å². The Morgan fingerprint density at radius 2 is 1.58 bits per heavy atom. The topological polar surface area (TPSA) is 27.0 Å². The van der Waals surface area contributed by atoms with Crippen molar-refractivity contribution in [3.63, 3.8) is 0 Å². The van der Waals surface area contributed by atoms with Crippen LogP contribution in [-0.2, 0) is 0 Å². The highest BCUT2D eigenvalue weighted by Gasteiger charge is 2.50. The Morgan fingerprint density at radius 1 is 1.05 bits per heavy atom. The summed E-state index contributed by atoms with van der Waals surface area (Å²) in [5.41, 5.74) is -0.204. The van der Waals surface area contributed by atoms with E-state index in [9.17, 15) is 5.26 Å². The zero-order valence-electron chi connectivity index (χ0n) is 12.7. The molecule has 0 amide bonds. The van der Waals surface area contributed by atoms with Crippen molar-refractivity contribution in [2.24, 2.45) is 29.1 Å². The maximum atomic E-state index is 9.31. The fourth-order valence-corrected chi connectivity index (χ4v) is 5.46. The Labute approximate surface area is 118 Å². The molecule has 4 aliphatic carbocycles. The first-order chi connectivity index (χ1) is 9.02. The van der Waals surface area contributed by atoms with Crippen molar-refractivity contribution in [3.8, 4) is 6.07 Å². The SMILES string of the molecule is CCN(CC(C)(C)C#N)C1C2CC3CC(C2)CC1C3. The largest absolute Gasteiger partial charge is 0.299 e. The molecule has 4 rings (SSSR count). The third-order valence-corrected chi connectivity index (χ3v) is 5.91. The second kappa shape index (κ2) is 4.77. The van der Waals surface area contributed by atoms with Crippen LogP contribution in [0.15, 0.2) is 0 Å². The van der Waals surface area contributed by atoms with Gasteiger partial charge in [0.1, 0.15) is 0 Å². The Bertz CT molecular complexity index is 351. The van der Waals surface area contributed by atoms with E-state index < -0.39 is 0 Å². The molecule has 4 saturated carbocycles. The molecule has 0 saturated heterocycles. The molecule has 4 bridgehead atoms. The van der Waals surface area contributed by atoms with Gasteiger partial charge in [-0.1, -0.05) is 6.92 Å². The number of nitriles is 1. The minimum absolute atomic E-state index is 0.204. The second-order valence-corrected chi connectivity index (χ2v) is 7.98. The summed E-state index contributed by atoms with van der Waals surface area (Å²) in [6, 6.07) is 3.27. The summed E-state index contributed by atoms with van der Waals surface area (Å²) in [7, 11) is 0. The van der Waals surface area contributed by atoms with Gasteiger partial charge in [0.2, 0.25) is 0 Å². The molecule has 2 nitrogen and oxygen atoms in total. The van der Waals surface area contributed by atoms with Crippen LogP contribution in [0.5, 0.6) is 0 Å². The average molecular weight is 260 g/mol. The molecular formula is C17H28N2. The third-order valence-electron chi connectivity index (χ3n) is 5.91. The number of hydrogen-bond donors (Lipinski definition) is 0. The number of nitrogens with zero attached hydrogens (tertiary/aromatic N) is 2. The maximum absolute atomic E-state index is 9.31. The number of rotatable bonds is 4. The Balaban J connectivity index is 1.75. The summed E-state index contributed by atoms with van der Waals surface area (Å²) >= 11 is 0. The van der Waals surface area contributed by atoms with Crippen molar-refractivity contribution in [3.05, 3.63) is 0 Å². The van der Waals surface area contributed by atoms with Crippen LogP contribution in [0.1, 0.15) is 52.9 Å². The van der Waals surface area contributed by atoms with Crippen molar-refractivity contribution in [1.29, 1.82) is 5.26 Å². The number of hydrogen-bond acceptors (Lipinski definition) is 2. The minimum atomic E-state index is -0.204. The lowest BCUT2D eigenvalue weighted by atomic mass is 9.53. The molecule has 2 heteroatoms. The highest BCUT2D eigenvalue weighted by Crippen LogP contribution is 2.55. The molecular weight excluding hydrogens is 232 g/mol. The minimum Gasteiger partial charge on any atom is -0.299 e. The highest BCUT2D eigenvalue weighted by molar-refractivity contribution is 5.04. The summed E-state index contributed by atoms with van der Waals surface area (Å²) in [6.45, 7) is 8.51. The van der Waals surface area contributed by atoms with Gasteiger partial charge in [0.15, 0.2) is 0 Å². The van der Waals surface area contributed by atoms with E-state index in [2.05, 4.69) is 31.7 Å². The molecule has 0 spiro atoms. The van der Waals surface area contributed by atoms with Gasteiger partial charge in [-0.3, -0.25) is 4.90 Å². The van der Waals surface area contributed by atoms with Gasteiger partial charge in [0.25, 0.3) is 0 Å². The van der Waals surface area contributed by atoms with Crippen LogP contribution < -0.4 is 0 Å². The predicted molar refractivity (Wildman–Crippen MR) is 77.5 cm³/mol. The van der Waals surface area contributed by atoms with E-state index in [1.807, 2.05) is 0 Å². The zero-order chi connectivity index (χ0) is 13.6. The summed E-state index contributed by atoms with van der Waals surface area (Å²) in [5, 5.41) is 9.31. The molecule has 0 radical (unpaired) electrons. The van der Waals surface area contributed by atoms with E-state index in [0.29, 0.717) is 0 Å². The van der Waals surface area contributed by atoms with Crippen LogP contribution in [-0.4, -0.2) is 24.0 Å². The quantitative estimate of drug-likeness (QED) is 0.771. The molecule has 106 valence electrons. The van der Waals surface area contributed by atoms with Crippen molar-refractivity contribution < 1.29 is 0 Å². The molecule has 0 unspecified atom stereocenters. The highest BCUT2D eigenvalue weighted by atomic mass is 15.2. The van der Waals surface area contributed by atoms with Crippen molar-refractivity contribution in [2.75, 3.05) is 13.1 Å². The lowest BCUT2D eigenvalue weighted by molar-refractivity contribution is -0.0693. The van der Waals surface area contributed by atoms with Crippen LogP contribution in [0.2, 0.25) is 0 Å². The summed E-state index contributed by atoms with van der Waals surface area (Å²) in [4.78, 5) is 2.65. The average Bonchev–Trinajstić information content (AvgIpc) is 2.36.